The lowest BCUT2D eigenvalue weighted by molar-refractivity contribution is -0.117. The molecule has 2 aromatic rings. The van der Waals surface area contributed by atoms with Gasteiger partial charge in [0.25, 0.3) is 0 Å². The molecule has 0 heterocycles. The Morgan fingerprint density at radius 3 is 2.44 bits per heavy atom. The molecule has 134 valence electrons. The van der Waals surface area contributed by atoms with E-state index in [9.17, 15) is 9.18 Å². The number of nitrogens with one attached hydrogen (secondary N) is 1. The number of amides is 1. The molecule has 2 aromatic carbocycles. The van der Waals surface area contributed by atoms with Crippen LogP contribution in [0.25, 0.3) is 0 Å². The quantitative estimate of drug-likeness (QED) is 0.773. The molecule has 0 aliphatic carbocycles. The molecule has 1 N–H and O–H groups in total. The van der Waals surface area contributed by atoms with Gasteiger partial charge in [-0.2, -0.15) is 0 Å². The summed E-state index contributed by atoms with van der Waals surface area (Å²) in [5.41, 5.74) is 3.62. The molecule has 25 heavy (non-hydrogen) atoms. The predicted octanol–water partition coefficient (Wildman–Crippen LogP) is 5.12. The van der Waals surface area contributed by atoms with Gasteiger partial charge in [0.15, 0.2) is 0 Å². The third-order valence-corrected chi connectivity index (χ3v) is 4.65. The number of benzene rings is 2. The lowest BCUT2D eigenvalue weighted by atomic mass is 10.1. The second kappa shape index (κ2) is 8.45. The van der Waals surface area contributed by atoms with E-state index in [1.165, 1.54) is 12.1 Å². The second-order valence-corrected chi connectivity index (χ2v) is 6.68. The van der Waals surface area contributed by atoms with Crippen LogP contribution >= 0.6 is 11.6 Å². The van der Waals surface area contributed by atoms with E-state index in [0.717, 1.165) is 16.7 Å². The van der Waals surface area contributed by atoms with Gasteiger partial charge in [-0.25, -0.2) is 4.39 Å². The smallest absolute Gasteiger partial charge is 0.238 e. The zero-order chi connectivity index (χ0) is 18.6. The fourth-order valence-electron chi connectivity index (χ4n) is 2.91. The summed E-state index contributed by atoms with van der Waals surface area (Å²) in [6, 6.07) is 10.2. The van der Waals surface area contributed by atoms with Gasteiger partial charge < -0.3 is 5.32 Å². The number of carbonyl (C=O) groups is 1. The molecule has 1 amide bonds. The fraction of sp³-hybridized carbons (Fsp3) is 0.350. The topological polar surface area (TPSA) is 32.3 Å². The molecule has 0 radical (unpaired) electrons. The van der Waals surface area contributed by atoms with E-state index >= 15 is 0 Å². The molecule has 2 rings (SSSR count). The first-order valence-corrected chi connectivity index (χ1v) is 8.75. The number of aryl methyl sites for hydroxylation is 2. The van der Waals surface area contributed by atoms with E-state index in [0.29, 0.717) is 17.3 Å². The van der Waals surface area contributed by atoms with Crippen LogP contribution in [0.15, 0.2) is 36.4 Å². The normalized spacial score (nSPS) is 12.3. The second-order valence-electron chi connectivity index (χ2n) is 6.28. The number of hydrogen-bond acceptors (Lipinski definition) is 2. The van der Waals surface area contributed by atoms with Crippen molar-refractivity contribution in [3.8, 4) is 0 Å². The molecule has 0 aromatic heterocycles. The molecule has 0 saturated carbocycles. The van der Waals surface area contributed by atoms with Gasteiger partial charge in [0.2, 0.25) is 5.91 Å². The van der Waals surface area contributed by atoms with Crippen molar-refractivity contribution < 1.29 is 9.18 Å². The van der Waals surface area contributed by atoms with Crippen LogP contribution in [0.5, 0.6) is 0 Å². The molecule has 0 bridgehead atoms. The van der Waals surface area contributed by atoms with Crippen molar-refractivity contribution in [1.29, 1.82) is 0 Å². The third-order valence-electron chi connectivity index (χ3n) is 4.35. The van der Waals surface area contributed by atoms with Crippen LogP contribution < -0.4 is 5.32 Å². The highest BCUT2D eigenvalue weighted by atomic mass is 35.5. The minimum Gasteiger partial charge on any atom is -0.323 e. The average molecular weight is 363 g/mol. The molecule has 3 nitrogen and oxygen atoms in total. The first-order chi connectivity index (χ1) is 11.8. The summed E-state index contributed by atoms with van der Waals surface area (Å²) >= 11 is 6.26. The fourth-order valence-corrected chi connectivity index (χ4v) is 3.28. The molecule has 1 unspecified atom stereocenters. The standard InChI is InChI=1S/C20H24ClFN2O/c1-5-24(15(4)16-6-8-17(22)9-7-16)12-19(25)23-20-14(3)10-13(2)11-18(20)21/h6-11,15H,5,12H2,1-4H3,(H,23,25). The summed E-state index contributed by atoms with van der Waals surface area (Å²) in [7, 11) is 0. The van der Waals surface area contributed by atoms with Crippen LogP contribution in [0, 0.1) is 19.7 Å². The van der Waals surface area contributed by atoms with Gasteiger partial charge in [0, 0.05) is 6.04 Å². The summed E-state index contributed by atoms with van der Waals surface area (Å²) in [5, 5.41) is 3.46. The first kappa shape index (κ1) is 19.4. The number of carbonyl (C=O) groups excluding carboxylic acids is 1. The highest BCUT2D eigenvalue weighted by Crippen LogP contribution is 2.27. The third kappa shape index (κ3) is 5.03. The Morgan fingerprint density at radius 1 is 1.24 bits per heavy atom. The Kier molecular flexibility index (Phi) is 6.57. The molecule has 5 heteroatoms. The summed E-state index contributed by atoms with van der Waals surface area (Å²) in [5.74, 6) is -0.383. The van der Waals surface area contributed by atoms with Crippen molar-refractivity contribution in [3.63, 3.8) is 0 Å². The van der Waals surface area contributed by atoms with Crippen LogP contribution in [-0.4, -0.2) is 23.9 Å². The number of halogens is 2. The Labute approximate surface area is 153 Å². The minimum atomic E-state index is -0.263. The van der Waals surface area contributed by atoms with Gasteiger partial charge in [-0.15, -0.1) is 0 Å². The number of nitrogens with zero attached hydrogens (tertiary/aromatic N) is 1. The maximum absolute atomic E-state index is 13.1. The number of hydrogen-bond donors (Lipinski definition) is 1. The molecule has 1 atom stereocenters. The summed E-state index contributed by atoms with van der Waals surface area (Å²) in [6.45, 7) is 8.83. The van der Waals surface area contributed by atoms with Crippen LogP contribution in [0.4, 0.5) is 10.1 Å². The molecule has 0 aliphatic heterocycles. The van der Waals surface area contributed by atoms with E-state index in [1.54, 1.807) is 12.1 Å². The zero-order valence-electron chi connectivity index (χ0n) is 15.1. The van der Waals surface area contributed by atoms with E-state index in [4.69, 9.17) is 11.6 Å². The number of rotatable bonds is 6. The van der Waals surface area contributed by atoms with Gasteiger partial charge in [-0.1, -0.05) is 36.7 Å². The molecular formula is C20H24ClFN2O. The summed E-state index contributed by atoms with van der Waals surface area (Å²) < 4.78 is 13.1. The van der Waals surface area contributed by atoms with Gasteiger partial charge in [-0.3, -0.25) is 9.69 Å². The van der Waals surface area contributed by atoms with Crippen molar-refractivity contribution in [1.82, 2.24) is 4.90 Å². The lowest BCUT2D eigenvalue weighted by Gasteiger charge is -2.27. The van der Waals surface area contributed by atoms with E-state index < -0.39 is 0 Å². The first-order valence-electron chi connectivity index (χ1n) is 8.38. The van der Waals surface area contributed by atoms with Gasteiger partial charge in [0.05, 0.1) is 17.3 Å². The molecule has 0 fully saturated rings. The van der Waals surface area contributed by atoms with Crippen molar-refractivity contribution in [2.75, 3.05) is 18.4 Å². The average Bonchev–Trinajstić information content (AvgIpc) is 2.56. The maximum atomic E-state index is 13.1. The largest absolute Gasteiger partial charge is 0.323 e. The SMILES string of the molecule is CCN(CC(=O)Nc1c(C)cc(C)cc1Cl)C(C)c1ccc(F)cc1. The molecule has 0 aliphatic rings. The van der Waals surface area contributed by atoms with Gasteiger partial charge >= 0.3 is 0 Å². The van der Waals surface area contributed by atoms with E-state index in [-0.39, 0.29) is 24.3 Å². The van der Waals surface area contributed by atoms with Crippen molar-refractivity contribution in [2.45, 2.75) is 33.7 Å². The Bertz CT molecular complexity index is 723. The van der Waals surface area contributed by atoms with Crippen molar-refractivity contribution >= 4 is 23.2 Å². The molecule has 0 saturated heterocycles. The van der Waals surface area contributed by atoms with Crippen LogP contribution in [0.2, 0.25) is 5.02 Å². The van der Waals surface area contributed by atoms with Crippen LogP contribution in [0.3, 0.4) is 0 Å². The van der Waals surface area contributed by atoms with E-state index in [2.05, 4.69) is 5.32 Å². The number of likely N-dealkylation sites (N-methyl/N-ethyl adjacent to an activating group) is 1. The Morgan fingerprint density at radius 2 is 1.88 bits per heavy atom. The van der Waals surface area contributed by atoms with Crippen molar-refractivity contribution in [3.05, 3.63) is 63.9 Å². The summed E-state index contributed by atoms with van der Waals surface area (Å²) in [4.78, 5) is 14.5. The van der Waals surface area contributed by atoms with Crippen LogP contribution in [0.1, 0.15) is 36.6 Å². The molecular weight excluding hydrogens is 339 g/mol. The highest BCUT2D eigenvalue weighted by Gasteiger charge is 2.18. The van der Waals surface area contributed by atoms with Gasteiger partial charge in [-0.05, 0) is 62.2 Å². The monoisotopic (exact) mass is 362 g/mol. The van der Waals surface area contributed by atoms with E-state index in [1.807, 2.05) is 44.7 Å². The summed E-state index contributed by atoms with van der Waals surface area (Å²) in [6.07, 6.45) is 0. The Hall–Kier alpha value is -1.91. The Balaban J connectivity index is 2.08. The van der Waals surface area contributed by atoms with Crippen molar-refractivity contribution in [2.24, 2.45) is 0 Å². The zero-order valence-corrected chi connectivity index (χ0v) is 15.8. The highest BCUT2D eigenvalue weighted by molar-refractivity contribution is 6.34. The predicted molar refractivity (Wildman–Crippen MR) is 102 cm³/mol. The van der Waals surface area contributed by atoms with Crippen LogP contribution in [-0.2, 0) is 4.79 Å². The lowest BCUT2D eigenvalue weighted by Crippen LogP contribution is -2.35. The molecule has 0 spiro atoms. The minimum absolute atomic E-state index is 0.00550. The van der Waals surface area contributed by atoms with Gasteiger partial charge in [0.1, 0.15) is 5.82 Å². The number of anilines is 1. The maximum Gasteiger partial charge on any atom is 0.238 e.